The molecule has 0 spiro atoms. The SMILES string of the molecule is CC(C)CN(CC(C)C)C(=O)COC(=O)c1cc(=O)[nH]c2ccccc12. The van der Waals surface area contributed by atoms with Crippen molar-refractivity contribution in [1.82, 2.24) is 9.88 Å². The van der Waals surface area contributed by atoms with Crippen LogP contribution in [0.2, 0.25) is 0 Å². The van der Waals surface area contributed by atoms with Gasteiger partial charge in [-0.15, -0.1) is 0 Å². The Balaban J connectivity index is 2.12. The van der Waals surface area contributed by atoms with Crippen LogP contribution in [0.1, 0.15) is 38.1 Å². The van der Waals surface area contributed by atoms with Crippen LogP contribution >= 0.6 is 0 Å². The number of H-pyrrole nitrogens is 1. The second kappa shape index (κ2) is 8.65. The highest BCUT2D eigenvalue weighted by Crippen LogP contribution is 2.15. The van der Waals surface area contributed by atoms with Gasteiger partial charge in [-0.1, -0.05) is 45.9 Å². The third-order valence-electron chi connectivity index (χ3n) is 3.82. The van der Waals surface area contributed by atoms with Crippen molar-refractivity contribution in [3.8, 4) is 0 Å². The van der Waals surface area contributed by atoms with Gasteiger partial charge in [-0.05, 0) is 17.9 Å². The van der Waals surface area contributed by atoms with Crippen molar-refractivity contribution in [1.29, 1.82) is 0 Å². The number of rotatable bonds is 7. The zero-order chi connectivity index (χ0) is 19.3. The molecule has 0 aliphatic rings. The molecule has 0 saturated carbocycles. The average molecular weight is 358 g/mol. The van der Waals surface area contributed by atoms with E-state index in [4.69, 9.17) is 4.74 Å². The molecule has 0 atom stereocenters. The molecule has 0 fully saturated rings. The molecule has 1 amide bonds. The molecule has 0 aliphatic carbocycles. The van der Waals surface area contributed by atoms with E-state index in [1.54, 1.807) is 29.2 Å². The Bertz CT molecular complexity index is 829. The molecular formula is C20H26N2O4. The van der Waals surface area contributed by atoms with Gasteiger partial charge in [-0.25, -0.2) is 4.79 Å². The fourth-order valence-corrected chi connectivity index (χ4v) is 2.83. The molecule has 6 nitrogen and oxygen atoms in total. The molecule has 6 heteroatoms. The van der Waals surface area contributed by atoms with E-state index in [0.29, 0.717) is 35.8 Å². The van der Waals surface area contributed by atoms with Gasteiger partial charge in [-0.2, -0.15) is 0 Å². The average Bonchev–Trinajstić information content (AvgIpc) is 2.57. The normalized spacial score (nSPS) is 11.2. The minimum atomic E-state index is -0.672. The second-order valence-electron chi connectivity index (χ2n) is 7.26. The number of nitrogens with zero attached hydrogens (tertiary/aromatic N) is 1. The van der Waals surface area contributed by atoms with Gasteiger partial charge in [-0.3, -0.25) is 9.59 Å². The number of aromatic amines is 1. The van der Waals surface area contributed by atoms with Gasteiger partial charge in [0, 0.05) is 30.1 Å². The molecule has 0 saturated heterocycles. The number of amides is 1. The zero-order valence-corrected chi connectivity index (χ0v) is 15.7. The molecule has 1 N–H and O–H groups in total. The lowest BCUT2D eigenvalue weighted by atomic mass is 10.1. The Morgan fingerprint density at radius 2 is 1.69 bits per heavy atom. The number of para-hydroxylation sites is 1. The van der Waals surface area contributed by atoms with Crippen molar-refractivity contribution < 1.29 is 14.3 Å². The van der Waals surface area contributed by atoms with E-state index >= 15 is 0 Å². The van der Waals surface area contributed by atoms with Gasteiger partial charge in [0.1, 0.15) is 0 Å². The highest BCUT2D eigenvalue weighted by molar-refractivity contribution is 6.03. The summed E-state index contributed by atoms with van der Waals surface area (Å²) in [4.78, 5) is 41.1. The molecule has 1 aromatic carbocycles. The van der Waals surface area contributed by atoms with E-state index in [1.807, 2.05) is 27.7 Å². The van der Waals surface area contributed by atoms with Gasteiger partial charge in [0.2, 0.25) is 5.56 Å². The molecule has 26 heavy (non-hydrogen) atoms. The predicted molar refractivity (Wildman–Crippen MR) is 101 cm³/mol. The monoisotopic (exact) mass is 358 g/mol. The number of carbonyl (C=O) groups is 2. The summed E-state index contributed by atoms with van der Waals surface area (Å²) in [6, 6.07) is 8.19. The van der Waals surface area contributed by atoms with E-state index in [1.165, 1.54) is 6.07 Å². The Hall–Kier alpha value is -2.63. The summed E-state index contributed by atoms with van der Waals surface area (Å²) in [6.07, 6.45) is 0. The molecule has 140 valence electrons. The summed E-state index contributed by atoms with van der Waals surface area (Å²) in [5, 5.41) is 0.589. The number of fused-ring (bicyclic) bond motifs is 1. The fourth-order valence-electron chi connectivity index (χ4n) is 2.83. The molecule has 0 aliphatic heterocycles. The van der Waals surface area contributed by atoms with Crippen LogP contribution in [0, 0.1) is 11.8 Å². The number of benzene rings is 1. The minimum absolute atomic E-state index is 0.163. The fraction of sp³-hybridized carbons (Fsp3) is 0.450. The minimum Gasteiger partial charge on any atom is -0.452 e. The molecule has 2 aromatic rings. The third kappa shape index (κ3) is 5.18. The summed E-state index contributed by atoms with van der Waals surface area (Å²) < 4.78 is 5.21. The van der Waals surface area contributed by atoms with Crippen LogP contribution in [0.5, 0.6) is 0 Å². The van der Waals surface area contributed by atoms with Crippen LogP contribution in [0.25, 0.3) is 10.9 Å². The number of esters is 1. The van der Waals surface area contributed by atoms with Crippen molar-refractivity contribution in [3.05, 3.63) is 46.2 Å². The molecular weight excluding hydrogens is 332 g/mol. The summed E-state index contributed by atoms with van der Waals surface area (Å²) >= 11 is 0. The molecule has 0 radical (unpaired) electrons. The van der Waals surface area contributed by atoms with Crippen molar-refractivity contribution in [3.63, 3.8) is 0 Å². The summed E-state index contributed by atoms with van der Waals surface area (Å²) in [5.74, 6) is -0.250. The lowest BCUT2D eigenvalue weighted by Gasteiger charge is -2.26. The number of hydrogen-bond donors (Lipinski definition) is 1. The Kier molecular flexibility index (Phi) is 6.55. The first-order valence-electron chi connectivity index (χ1n) is 8.85. The smallest absolute Gasteiger partial charge is 0.339 e. The number of pyridine rings is 1. The van der Waals surface area contributed by atoms with Gasteiger partial charge >= 0.3 is 5.97 Å². The van der Waals surface area contributed by atoms with Crippen LogP contribution in [-0.4, -0.2) is 41.5 Å². The Labute approximate surface area is 153 Å². The summed E-state index contributed by atoms with van der Waals surface area (Å²) in [7, 11) is 0. The van der Waals surface area contributed by atoms with Crippen molar-refractivity contribution in [2.45, 2.75) is 27.7 Å². The summed E-state index contributed by atoms with van der Waals surface area (Å²) in [6.45, 7) is 9.04. The van der Waals surface area contributed by atoms with Gasteiger partial charge in [0.05, 0.1) is 5.56 Å². The van der Waals surface area contributed by atoms with Gasteiger partial charge in [0.25, 0.3) is 5.91 Å². The van der Waals surface area contributed by atoms with E-state index < -0.39 is 5.97 Å². The first kappa shape index (κ1) is 19.7. The van der Waals surface area contributed by atoms with Crippen molar-refractivity contribution >= 4 is 22.8 Å². The Morgan fingerprint density at radius 1 is 1.08 bits per heavy atom. The largest absolute Gasteiger partial charge is 0.452 e. The highest BCUT2D eigenvalue weighted by atomic mass is 16.5. The maximum absolute atomic E-state index is 12.5. The number of aromatic nitrogens is 1. The second-order valence-corrected chi connectivity index (χ2v) is 7.26. The van der Waals surface area contributed by atoms with Crippen molar-refractivity contribution in [2.75, 3.05) is 19.7 Å². The molecule has 1 heterocycles. The molecule has 0 unspecified atom stereocenters. The number of ether oxygens (including phenoxy) is 1. The van der Waals surface area contributed by atoms with Gasteiger partial charge < -0.3 is 14.6 Å². The maximum Gasteiger partial charge on any atom is 0.339 e. The zero-order valence-electron chi connectivity index (χ0n) is 15.7. The van der Waals surface area contributed by atoms with Crippen LogP contribution < -0.4 is 5.56 Å². The lowest BCUT2D eigenvalue weighted by Crippen LogP contribution is -2.39. The van der Waals surface area contributed by atoms with Crippen LogP contribution in [0.4, 0.5) is 0 Å². The number of carbonyl (C=O) groups excluding carboxylic acids is 2. The van der Waals surface area contributed by atoms with E-state index in [2.05, 4.69) is 4.98 Å². The van der Waals surface area contributed by atoms with Crippen molar-refractivity contribution in [2.24, 2.45) is 11.8 Å². The van der Waals surface area contributed by atoms with E-state index in [9.17, 15) is 14.4 Å². The van der Waals surface area contributed by atoms with Crippen LogP contribution in [-0.2, 0) is 9.53 Å². The maximum atomic E-state index is 12.5. The lowest BCUT2D eigenvalue weighted by molar-refractivity contribution is -0.135. The Morgan fingerprint density at radius 3 is 2.31 bits per heavy atom. The van der Waals surface area contributed by atoms with Crippen LogP contribution in [0.15, 0.2) is 35.1 Å². The standard InChI is InChI=1S/C20H26N2O4/c1-13(2)10-22(11-14(3)4)19(24)12-26-20(25)16-9-18(23)21-17-8-6-5-7-15(16)17/h5-9,13-14H,10-12H2,1-4H3,(H,21,23). The van der Waals surface area contributed by atoms with Crippen LogP contribution in [0.3, 0.4) is 0 Å². The molecule has 0 bridgehead atoms. The van der Waals surface area contributed by atoms with Gasteiger partial charge in [0.15, 0.2) is 6.61 Å². The van der Waals surface area contributed by atoms with E-state index in [0.717, 1.165) is 0 Å². The predicted octanol–water partition coefficient (Wildman–Crippen LogP) is 2.83. The first-order valence-corrected chi connectivity index (χ1v) is 8.85. The molecule has 2 rings (SSSR count). The summed E-state index contributed by atoms with van der Waals surface area (Å²) in [5.41, 5.74) is 0.333. The quantitative estimate of drug-likeness (QED) is 0.772. The topological polar surface area (TPSA) is 79.5 Å². The third-order valence-corrected chi connectivity index (χ3v) is 3.82. The highest BCUT2D eigenvalue weighted by Gasteiger charge is 2.19. The molecule has 1 aromatic heterocycles. The number of hydrogen-bond acceptors (Lipinski definition) is 4. The first-order chi connectivity index (χ1) is 12.3. The number of nitrogens with one attached hydrogen (secondary N) is 1. The van der Waals surface area contributed by atoms with E-state index in [-0.39, 0.29) is 23.6 Å².